The van der Waals surface area contributed by atoms with Crippen molar-refractivity contribution < 1.29 is 13.6 Å². The summed E-state index contributed by atoms with van der Waals surface area (Å²) >= 11 is 5.03. The number of hydrogen-bond acceptors (Lipinski definition) is 3. The Morgan fingerprint density at radius 2 is 2.23 bits per heavy atom. The van der Waals surface area contributed by atoms with Gasteiger partial charge in [-0.1, -0.05) is 0 Å². The van der Waals surface area contributed by atoms with Crippen molar-refractivity contribution in [3.63, 3.8) is 0 Å². The van der Waals surface area contributed by atoms with Gasteiger partial charge in [0.25, 0.3) is 11.7 Å². The molecule has 1 aromatic heterocycles. The normalized spacial score (nSPS) is 10.5. The van der Waals surface area contributed by atoms with Gasteiger partial charge in [0.2, 0.25) is 0 Å². The van der Waals surface area contributed by atoms with Crippen LogP contribution in [0.4, 0.5) is 14.5 Å². The Morgan fingerprint density at radius 1 is 1.62 bits per heavy atom. The number of nitrogen functional groups attached to an aromatic ring is 1. The van der Waals surface area contributed by atoms with Crippen molar-refractivity contribution in [3.8, 4) is 0 Å². The van der Waals surface area contributed by atoms with E-state index in [2.05, 4.69) is 4.98 Å². The molecule has 0 bridgehead atoms. The average molecular weight is 207 g/mol. The molecule has 1 rings (SSSR count). The third-order valence-electron chi connectivity index (χ3n) is 1.36. The molecule has 2 N–H and O–H groups in total. The molecule has 3 nitrogen and oxygen atoms in total. The van der Waals surface area contributed by atoms with Crippen LogP contribution in [0.1, 0.15) is 22.5 Å². The number of aromatic nitrogens is 1. The van der Waals surface area contributed by atoms with E-state index in [-0.39, 0.29) is 5.69 Å². The highest BCUT2D eigenvalue weighted by Crippen LogP contribution is 2.24. The highest BCUT2D eigenvalue weighted by atomic mass is 35.5. The highest BCUT2D eigenvalue weighted by Gasteiger charge is 2.18. The van der Waals surface area contributed by atoms with E-state index in [1.54, 1.807) is 0 Å². The van der Waals surface area contributed by atoms with Crippen LogP contribution >= 0.6 is 11.6 Å². The third-order valence-corrected chi connectivity index (χ3v) is 1.54. The molecular weight excluding hydrogens is 202 g/mol. The van der Waals surface area contributed by atoms with Gasteiger partial charge in [-0.3, -0.25) is 4.79 Å². The van der Waals surface area contributed by atoms with E-state index in [0.29, 0.717) is 0 Å². The monoisotopic (exact) mass is 206 g/mol. The zero-order valence-corrected chi connectivity index (χ0v) is 7.05. The second kappa shape index (κ2) is 3.66. The molecule has 0 amide bonds. The Hall–Kier alpha value is -1.23. The third kappa shape index (κ3) is 2.12. The van der Waals surface area contributed by atoms with E-state index < -0.39 is 22.9 Å². The Bertz CT molecular complexity index is 343. The number of carbonyl (C=O) groups is 1. The van der Waals surface area contributed by atoms with Gasteiger partial charge < -0.3 is 5.73 Å². The van der Waals surface area contributed by atoms with Crippen molar-refractivity contribution in [3.05, 3.63) is 23.5 Å². The average Bonchev–Trinajstić information content (AvgIpc) is 2.03. The fourth-order valence-corrected chi connectivity index (χ4v) is 0.987. The molecule has 0 spiro atoms. The number of pyridine rings is 1. The van der Waals surface area contributed by atoms with Gasteiger partial charge in [-0.05, 0) is 17.7 Å². The molecule has 0 saturated heterocycles. The Labute approximate surface area is 77.5 Å². The largest absolute Gasteiger partial charge is 0.397 e. The van der Waals surface area contributed by atoms with E-state index in [0.717, 1.165) is 12.3 Å². The summed E-state index contributed by atoms with van der Waals surface area (Å²) in [5, 5.41) is -1.02. The van der Waals surface area contributed by atoms with Gasteiger partial charge in [-0.15, -0.1) is 0 Å². The van der Waals surface area contributed by atoms with Crippen LogP contribution in [-0.2, 0) is 0 Å². The molecule has 0 saturated carbocycles. The maximum Gasteiger partial charge on any atom is 0.271 e. The zero-order valence-electron chi connectivity index (χ0n) is 6.30. The first kappa shape index (κ1) is 9.85. The summed E-state index contributed by atoms with van der Waals surface area (Å²) < 4.78 is 24.5. The molecule has 0 radical (unpaired) electrons. The molecule has 13 heavy (non-hydrogen) atoms. The van der Waals surface area contributed by atoms with E-state index >= 15 is 0 Å². The van der Waals surface area contributed by atoms with Crippen LogP contribution in [0.25, 0.3) is 0 Å². The van der Waals surface area contributed by atoms with Crippen LogP contribution in [0, 0.1) is 0 Å². The van der Waals surface area contributed by atoms with Gasteiger partial charge >= 0.3 is 0 Å². The molecule has 1 heterocycles. The molecule has 0 fully saturated rings. The van der Waals surface area contributed by atoms with Crippen LogP contribution in [0.3, 0.4) is 0 Å². The lowest BCUT2D eigenvalue weighted by atomic mass is 10.2. The first-order valence-corrected chi connectivity index (χ1v) is 3.63. The van der Waals surface area contributed by atoms with Gasteiger partial charge in [-0.25, -0.2) is 13.8 Å². The maximum atomic E-state index is 12.3. The lowest BCUT2D eigenvalue weighted by Crippen LogP contribution is -2.03. The van der Waals surface area contributed by atoms with E-state index in [4.69, 9.17) is 17.3 Å². The van der Waals surface area contributed by atoms with Gasteiger partial charge in [0.05, 0.1) is 17.4 Å². The maximum absolute atomic E-state index is 12.3. The standard InChI is InChI=1S/C7H5ClF2N2O/c8-6(13)5-4(7(9)10)1-3(11)2-12-5/h1-2,7H,11H2. The Kier molecular flexibility index (Phi) is 2.77. The summed E-state index contributed by atoms with van der Waals surface area (Å²) in [7, 11) is 0. The van der Waals surface area contributed by atoms with Crippen LogP contribution in [0.2, 0.25) is 0 Å². The molecular formula is C7H5ClF2N2O. The number of halogens is 3. The van der Waals surface area contributed by atoms with Crippen molar-refractivity contribution in [2.24, 2.45) is 0 Å². The number of nitrogens with two attached hydrogens (primary N) is 1. The van der Waals surface area contributed by atoms with E-state index in [1.807, 2.05) is 0 Å². The van der Waals surface area contributed by atoms with Crippen molar-refractivity contribution >= 4 is 22.5 Å². The Morgan fingerprint density at radius 3 is 2.69 bits per heavy atom. The number of carbonyl (C=O) groups excluding carboxylic acids is 1. The minimum absolute atomic E-state index is 0.0666. The molecule has 0 unspecified atom stereocenters. The van der Waals surface area contributed by atoms with Crippen molar-refractivity contribution in [1.82, 2.24) is 4.98 Å². The van der Waals surface area contributed by atoms with Gasteiger partial charge in [0, 0.05) is 0 Å². The molecule has 0 aromatic carbocycles. The van der Waals surface area contributed by atoms with Crippen LogP contribution in [0.15, 0.2) is 12.3 Å². The second-order valence-corrected chi connectivity index (χ2v) is 2.62. The van der Waals surface area contributed by atoms with E-state index in [9.17, 15) is 13.6 Å². The molecule has 70 valence electrons. The van der Waals surface area contributed by atoms with Crippen molar-refractivity contribution in [1.29, 1.82) is 0 Å². The molecule has 0 aliphatic carbocycles. The fraction of sp³-hybridized carbons (Fsp3) is 0.143. The lowest BCUT2D eigenvalue weighted by molar-refractivity contribution is 0.106. The summed E-state index contributed by atoms with van der Waals surface area (Å²) in [5.41, 5.74) is 4.29. The predicted molar refractivity (Wildman–Crippen MR) is 43.8 cm³/mol. The zero-order chi connectivity index (χ0) is 10.0. The number of alkyl halides is 2. The summed E-state index contributed by atoms with van der Waals surface area (Å²) in [6.07, 6.45) is -1.71. The van der Waals surface area contributed by atoms with Crippen molar-refractivity contribution in [2.75, 3.05) is 5.73 Å². The number of nitrogens with zero attached hydrogens (tertiary/aromatic N) is 1. The molecule has 0 aliphatic rings. The Balaban J connectivity index is 3.26. The second-order valence-electron chi connectivity index (χ2n) is 2.28. The first-order chi connectivity index (χ1) is 6.02. The van der Waals surface area contributed by atoms with Crippen molar-refractivity contribution in [2.45, 2.75) is 6.43 Å². The SMILES string of the molecule is Nc1cnc(C(=O)Cl)c(C(F)F)c1. The lowest BCUT2D eigenvalue weighted by Gasteiger charge is -2.04. The minimum Gasteiger partial charge on any atom is -0.397 e. The predicted octanol–water partition coefficient (Wildman–Crippen LogP) is 1.98. The quantitative estimate of drug-likeness (QED) is 0.753. The first-order valence-electron chi connectivity index (χ1n) is 3.25. The fourth-order valence-electron chi connectivity index (χ4n) is 0.829. The number of anilines is 1. The topological polar surface area (TPSA) is 56.0 Å². The summed E-state index contributed by atoms with van der Waals surface area (Å²) in [6, 6.07) is 0.979. The summed E-state index contributed by atoms with van der Waals surface area (Å²) in [4.78, 5) is 14.0. The molecule has 0 aliphatic heterocycles. The van der Waals surface area contributed by atoms with Crippen LogP contribution < -0.4 is 5.73 Å². The number of hydrogen-bond donors (Lipinski definition) is 1. The minimum atomic E-state index is -2.81. The van der Waals surface area contributed by atoms with E-state index in [1.165, 1.54) is 0 Å². The molecule has 0 atom stereocenters. The van der Waals surface area contributed by atoms with Crippen LogP contribution in [-0.4, -0.2) is 10.2 Å². The summed E-state index contributed by atoms with van der Waals surface area (Å²) in [5.74, 6) is 0. The summed E-state index contributed by atoms with van der Waals surface area (Å²) in [6.45, 7) is 0. The number of rotatable bonds is 2. The van der Waals surface area contributed by atoms with Crippen LogP contribution in [0.5, 0.6) is 0 Å². The highest BCUT2D eigenvalue weighted by molar-refractivity contribution is 6.67. The van der Waals surface area contributed by atoms with Gasteiger partial charge in [-0.2, -0.15) is 0 Å². The van der Waals surface area contributed by atoms with Gasteiger partial charge in [0.15, 0.2) is 0 Å². The van der Waals surface area contributed by atoms with Gasteiger partial charge in [0.1, 0.15) is 5.69 Å². The molecule has 1 aromatic rings. The smallest absolute Gasteiger partial charge is 0.271 e. The molecule has 6 heteroatoms.